The van der Waals surface area contributed by atoms with Crippen LogP contribution in [0.15, 0.2) is 51.6 Å². The van der Waals surface area contributed by atoms with E-state index in [-0.39, 0.29) is 5.91 Å². The number of aromatic nitrogens is 2. The number of piperazine rings is 1. The first-order chi connectivity index (χ1) is 18.0. The minimum absolute atomic E-state index is 0.110. The number of para-hydroxylation sites is 1. The monoisotopic (exact) mass is 496 g/mol. The second kappa shape index (κ2) is 9.63. The van der Waals surface area contributed by atoms with Crippen molar-refractivity contribution < 1.29 is 13.7 Å². The summed E-state index contributed by atoms with van der Waals surface area (Å²) in [7, 11) is 0. The number of amides is 1. The number of benzene rings is 1. The molecule has 1 fully saturated rings. The zero-order valence-corrected chi connectivity index (χ0v) is 21.7. The Morgan fingerprint density at radius 3 is 2.62 bits per heavy atom. The third-order valence-electron chi connectivity index (χ3n) is 7.71. The van der Waals surface area contributed by atoms with Crippen LogP contribution in [0.5, 0.6) is 0 Å². The minimum Gasteiger partial charge on any atom is -0.465 e. The van der Waals surface area contributed by atoms with E-state index in [2.05, 4.69) is 23.1 Å². The van der Waals surface area contributed by atoms with E-state index < -0.39 is 0 Å². The molecule has 6 rings (SSSR count). The van der Waals surface area contributed by atoms with Crippen LogP contribution in [0.3, 0.4) is 0 Å². The number of aryl methyl sites for hydroxylation is 2. The minimum atomic E-state index is 0.110. The number of carbonyl (C=O) groups is 1. The van der Waals surface area contributed by atoms with Crippen molar-refractivity contribution in [3.05, 3.63) is 82.3 Å². The Balaban J connectivity index is 1.33. The molecule has 0 radical (unpaired) electrons. The number of hydrogen-bond acceptors (Lipinski definition) is 6. The van der Waals surface area contributed by atoms with Gasteiger partial charge in [-0.2, -0.15) is 0 Å². The second-order valence-corrected chi connectivity index (χ2v) is 10.4. The van der Waals surface area contributed by atoms with E-state index in [1.165, 1.54) is 0 Å². The summed E-state index contributed by atoms with van der Waals surface area (Å²) < 4.78 is 11.0. The topological polar surface area (TPSA) is 75.6 Å². The predicted molar refractivity (Wildman–Crippen MR) is 143 cm³/mol. The Morgan fingerprint density at radius 2 is 1.89 bits per heavy atom. The van der Waals surface area contributed by atoms with Crippen molar-refractivity contribution in [2.75, 3.05) is 26.2 Å². The first-order valence-corrected chi connectivity index (χ1v) is 13.1. The lowest BCUT2D eigenvalue weighted by Crippen LogP contribution is -2.48. The van der Waals surface area contributed by atoms with E-state index in [0.29, 0.717) is 19.0 Å². The lowest BCUT2D eigenvalue weighted by molar-refractivity contribution is 0.0628. The normalized spacial score (nSPS) is 19.5. The highest BCUT2D eigenvalue weighted by molar-refractivity contribution is 6.09. The summed E-state index contributed by atoms with van der Waals surface area (Å²) in [5.41, 5.74) is 6.91. The van der Waals surface area contributed by atoms with Gasteiger partial charge < -0.3 is 13.8 Å². The number of hydrogen-bond donors (Lipinski definition) is 0. The molecule has 190 valence electrons. The van der Waals surface area contributed by atoms with Crippen LogP contribution in [0.4, 0.5) is 0 Å². The smallest absolute Gasteiger partial charge is 0.254 e. The van der Waals surface area contributed by atoms with Crippen LogP contribution < -0.4 is 0 Å². The highest BCUT2D eigenvalue weighted by Gasteiger charge is 2.31. The summed E-state index contributed by atoms with van der Waals surface area (Å²) in [4.78, 5) is 23.6. The molecule has 0 saturated carbocycles. The molecule has 1 saturated heterocycles. The van der Waals surface area contributed by atoms with Crippen LogP contribution in [-0.4, -0.2) is 52.0 Å². The Labute approximate surface area is 216 Å². The lowest BCUT2D eigenvalue weighted by Gasteiger charge is -2.36. The van der Waals surface area contributed by atoms with Gasteiger partial charge in [0.2, 0.25) is 0 Å². The number of carbonyl (C=O) groups excluding carboxylic acids is 1. The predicted octanol–water partition coefficient (Wildman–Crippen LogP) is 5.51. The quantitative estimate of drug-likeness (QED) is 0.371. The number of pyridine rings is 1. The molecule has 37 heavy (non-hydrogen) atoms. The maximum absolute atomic E-state index is 14.2. The van der Waals surface area contributed by atoms with Gasteiger partial charge in [-0.15, -0.1) is 0 Å². The van der Waals surface area contributed by atoms with Crippen LogP contribution in [0.25, 0.3) is 22.6 Å². The molecule has 4 aromatic rings. The van der Waals surface area contributed by atoms with E-state index in [1.807, 2.05) is 55.1 Å². The molecule has 0 spiro atoms. The largest absolute Gasteiger partial charge is 0.465 e. The third-order valence-corrected chi connectivity index (χ3v) is 7.71. The molecule has 7 heteroatoms. The molecule has 3 aromatic heterocycles. The summed E-state index contributed by atoms with van der Waals surface area (Å²) in [5, 5.41) is 5.03. The molecule has 0 N–H and O–H groups in total. The van der Waals surface area contributed by atoms with Gasteiger partial charge >= 0.3 is 0 Å². The van der Waals surface area contributed by atoms with Crippen LogP contribution >= 0.6 is 0 Å². The van der Waals surface area contributed by atoms with Crippen molar-refractivity contribution in [1.82, 2.24) is 19.9 Å². The molecule has 1 aliphatic heterocycles. The van der Waals surface area contributed by atoms with E-state index in [0.717, 1.165) is 88.6 Å². The molecular weight excluding hydrogens is 464 g/mol. The van der Waals surface area contributed by atoms with Crippen molar-refractivity contribution >= 4 is 28.5 Å². The van der Waals surface area contributed by atoms with Crippen molar-refractivity contribution in [3.63, 3.8) is 0 Å². The number of fused-ring (bicyclic) bond motifs is 2. The van der Waals surface area contributed by atoms with E-state index in [1.54, 1.807) is 6.26 Å². The fourth-order valence-electron chi connectivity index (χ4n) is 5.74. The molecular formula is C30H32N4O3. The van der Waals surface area contributed by atoms with Gasteiger partial charge in [0.1, 0.15) is 11.5 Å². The third kappa shape index (κ3) is 4.48. The van der Waals surface area contributed by atoms with E-state index in [4.69, 9.17) is 13.9 Å². The molecule has 1 aromatic carbocycles. The molecule has 1 atom stereocenters. The fourth-order valence-corrected chi connectivity index (χ4v) is 5.74. The fraction of sp³-hybridized carbons (Fsp3) is 0.367. The van der Waals surface area contributed by atoms with Crippen molar-refractivity contribution in [1.29, 1.82) is 0 Å². The molecule has 4 heterocycles. The molecule has 0 bridgehead atoms. The van der Waals surface area contributed by atoms with Gasteiger partial charge in [0, 0.05) is 43.7 Å². The summed E-state index contributed by atoms with van der Waals surface area (Å²) in [6, 6.07) is 11.9. The Hall–Kier alpha value is -3.71. The van der Waals surface area contributed by atoms with Gasteiger partial charge in [-0.25, -0.2) is 4.98 Å². The maximum Gasteiger partial charge on any atom is 0.254 e. The highest BCUT2D eigenvalue weighted by atomic mass is 16.5. The maximum atomic E-state index is 14.2. The second-order valence-electron chi connectivity index (χ2n) is 10.4. The molecule has 1 unspecified atom stereocenters. The van der Waals surface area contributed by atoms with Gasteiger partial charge in [-0.05, 0) is 68.0 Å². The summed E-state index contributed by atoms with van der Waals surface area (Å²) in [6.45, 7) is 10.0. The first kappa shape index (κ1) is 23.7. The van der Waals surface area contributed by atoms with Gasteiger partial charge in [-0.1, -0.05) is 30.3 Å². The van der Waals surface area contributed by atoms with Crippen LogP contribution in [0, 0.1) is 19.8 Å². The number of rotatable bonds is 4. The standard InChI is InChI=1S/C30H32N4O3/c1-19-15-22(17-23-7-6-14-36-23)29-25(16-19)28(24-8-4-5-9-27(24)31-29)30(35)34-12-10-33(11-13-34)18-26-20(2)32-37-21(26)3/h4-9,14,17,19H,10-13,15-16,18H2,1-3H3/b22-17-. The number of nitrogens with zero attached hydrogens (tertiary/aromatic N) is 4. The highest BCUT2D eigenvalue weighted by Crippen LogP contribution is 2.39. The van der Waals surface area contributed by atoms with Gasteiger partial charge in [-0.3, -0.25) is 9.69 Å². The van der Waals surface area contributed by atoms with Gasteiger partial charge in [0.05, 0.1) is 28.7 Å². The molecule has 1 amide bonds. The zero-order valence-electron chi connectivity index (χ0n) is 21.7. The molecule has 2 aliphatic rings. The molecule has 1 aliphatic carbocycles. The van der Waals surface area contributed by atoms with Crippen LogP contribution in [0.2, 0.25) is 0 Å². The number of furan rings is 1. The van der Waals surface area contributed by atoms with Crippen LogP contribution in [0.1, 0.15) is 57.7 Å². The first-order valence-electron chi connectivity index (χ1n) is 13.1. The lowest BCUT2D eigenvalue weighted by atomic mass is 9.80. The van der Waals surface area contributed by atoms with Gasteiger partial charge in [0.15, 0.2) is 0 Å². The van der Waals surface area contributed by atoms with Crippen molar-refractivity contribution in [2.45, 2.75) is 40.2 Å². The zero-order chi connectivity index (χ0) is 25.5. The Bertz CT molecular complexity index is 1460. The SMILES string of the molecule is Cc1noc(C)c1CN1CCN(C(=O)c2c3c(nc4ccccc24)/C(=C\c2ccco2)CC(C)C3)CC1. The summed E-state index contributed by atoms with van der Waals surface area (Å²) in [6.07, 6.45) is 5.52. The Morgan fingerprint density at radius 1 is 1.08 bits per heavy atom. The van der Waals surface area contributed by atoms with E-state index >= 15 is 0 Å². The summed E-state index contributed by atoms with van der Waals surface area (Å²) in [5.74, 6) is 2.21. The van der Waals surface area contributed by atoms with Gasteiger partial charge in [0.25, 0.3) is 5.91 Å². The number of allylic oxidation sites excluding steroid dienone is 1. The van der Waals surface area contributed by atoms with E-state index in [9.17, 15) is 4.79 Å². The summed E-state index contributed by atoms with van der Waals surface area (Å²) >= 11 is 0. The van der Waals surface area contributed by atoms with Crippen LogP contribution in [-0.2, 0) is 13.0 Å². The van der Waals surface area contributed by atoms with Crippen molar-refractivity contribution in [2.24, 2.45) is 5.92 Å². The van der Waals surface area contributed by atoms with Crippen molar-refractivity contribution in [3.8, 4) is 0 Å². The average molecular weight is 497 g/mol. The Kier molecular flexibility index (Phi) is 6.16. The molecule has 7 nitrogen and oxygen atoms in total. The average Bonchev–Trinajstić information content (AvgIpc) is 3.53.